The summed E-state index contributed by atoms with van der Waals surface area (Å²) in [5.41, 5.74) is 1.73. The van der Waals surface area contributed by atoms with E-state index in [0.717, 1.165) is 5.56 Å². The summed E-state index contributed by atoms with van der Waals surface area (Å²) in [7, 11) is 0. The fourth-order valence-electron chi connectivity index (χ4n) is 2.39. The molecule has 0 bridgehead atoms. The molecule has 8 nitrogen and oxygen atoms in total. The van der Waals surface area contributed by atoms with Crippen LogP contribution in [0.3, 0.4) is 0 Å². The Morgan fingerprint density at radius 2 is 1.76 bits per heavy atom. The third-order valence-electron chi connectivity index (χ3n) is 3.56. The fraction of sp³-hybridized carbons (Fsp3) is 0.214. The Morgan fingerprint density at radius 3 is 2.56 bits per heavy atom. The van der Waals surface area contributed by atoms with Crippen molar-refractivity contribution in [2.24, 2.45) is 0 Å². The van der Waals surface area contributed by atoms with Crippen LogP contribution < -0.4 is 5.32 Å². The molecule has 0 aliphatic rings. The molecule has 4 rings (SSSR count). The van der Waals surface area contributed by atoms with Crippen molar-refractivity contribution < 1.29 is 13.2 Å². The Morgan fingerprint density at radius 1 is 1.00 bits per heavy atom. The lowest BCUT2D eigenvalue weighted by Gasteiger charge is -2.07. The van der Waals surface area contributed by atoms with Gasteiger partial charge in [0.25, 0.3) is 5.82 Å². The second-order valence-corrected chi connectivity index (χ2v) is 5.41. The molecule has 128 valence electrons. The second kappa shape index (κ2) is 5.40. The van der Waals surface area contributed by atoms with Gasteiger partial charge in [-0.25, -0.2) is 0 Å². The molecule has 4 aromatic heterocycles. The Hall–Kier alpha value is -3.24. The van der Waals surface area contributed by atoms with Gasteiger partial charge in [0.1, 0.15) is 5.82 Å². The normalized spacial score (nSPS) is 12.2. The highest BCUT2D eigenvalue weighted by Gasteiger charge is 2.37. The predicted molar refractivity (Wildman–Crippen MR) is 80.8 cm³/mol. The van der Waals surface area contributed by atoms with E-state index < -0.39 is 12.0 Å². The quantitative estimate of drug-likeness (QED) is 0.610. The lowest BCUT2D eigenvalue weighted by atomic mass is 10.3. The third kappa shape index (κ3) is 2.73. The zero-order chi connectivity index (χ0) is 17.6. The number of rotatable bonds is 3. The van der Waals surface area contributed by atoms with E-state index >= 15 is 0 Å². The van der Waals surface area contributed by atoms with Crippen molar-refractivity contribution in [3.8, 4) is 0 Å². The first kappa shape index (κ1) is 15.3. The number of hydrogen-bond donors (Lipinski definition) is 1. The average Bonchev–Trinajstić information content (AvgIpc) is 3.15. The topological polar surface area (TPSA) is 85.3 Å². The Kier molecular flexibility index (Phi) is 3.30. The molecule has 1 N–H and O–H groups in total. The summed E-state index contributed by atoms with van der Waals surface area (Å²) in [6.45, 7) is 2.18. The molecule has 0 saturated heterocycles. The molecule has 0 aliphatic carbocycles. The lowest BCUT2D eigenvalue weighted by Crippen LogP contribution is -2.14. The van der Waals surface area contributed by atoms with Crippen molar-refractivity contribution in [1.82, 2.24) is 34.4 Å². The molecule has 0 unspecified atom stereocenters. The number of anilines is 1. The van der Waals surface area contributed by atoms with E-state index in [1.807, 2.05) is 25.3 Å². The molecular weight excluding hydrogens is 337 g/mol. The first-order valence-electron chi connectivity index (χ1n) is 7.25. The van der Waals surface area contributed by atoms with Crippen LogP contribution in [0.15, 0.2) is 30.5 Å². The number of hydrogen-bond acceptors (Lipinski definition) is 6. The van der Waals surface area contributed by atoms with Gasteiger partial charge >= 0.3 is 6.18 Å². The predicted octanol–water partition coefficient (Wildman–Crippen LogP) is 2.11. The van der Waals surface area contributed by atoms with Gasteiger partial charge in [-0.15, -0.1) is 25.5 Å². The number of halogens is 3. The van der Waals surface area contributed by atoms with E-state index in [1.54, 1.807) is 4.40 Å². The standard InChI is InChI=1S/C14H11F3N8/c1-8-2-4-10-19-21-12(24(10)7-8)6-18-9-3-5-11-20-22-13(14(15,16)17)25(11)23-9/h2-5,7H,6H2,1H3,(H,18,23). The van der Waals surface area contributed by atoms with E-state index in [0.29, 0.717) is 16.0 Å². The van der Waals surface area contributed by atoms with E-state index in [4.69, 9.17) is 0 Å². The molecule has 0 aromatic carbocycles. The van der Waals surface area contributed by atoms with E-state index in [1.165, 1.54) is 12.1 Å². The van der Waals surface area contributed by atoms with Gasteiger partial charge in [0.05, 0.1) is 6.54 Å². The summed E-state index contributed by atoms with van der Waals surface area (Å²) in [6.07, 6.45) is -2.75. The highest BCUT2D eigenvalue weighted by Crippen LogP contribution is 2.27. The summed E-state index contributed by atoms with van der Waals surface area (Å²) in [6, 6.07) is 6.69. The first-order valence-corrected chi connectivity index (χ1v) is 7.25. The molecule has 11 heteroatoms. The maximum atomic E-state index is 12.9. The maximum Gasteiger partial charge on any atom is 0.453 e. The molecule has 4 aromatic rings. The van der Waals surface area contributed by atoms with Gasteiger partial charge in [-0.1, -0.05) is 6.07 Å². The molecule has 0 amide bonds. The van der Waals surface area contributed by atoms with Gasteiger partial charge in [-0.2, -0.15) is 17.7 Å². The monoisotopic (exact) mass is 348 g/mol. The molecule has 0 saturated carbocycles. The van der Waals surface area contributed by atoms with Crippen LogP contribution in [0, 0.1) is 6.92 Å². The van der Waals surface area contributed by atoms with Crippen molar-refractivity contribution in [3.05, 3.63) is 47.7 Å². The van der Waals surface area contributed by atoms with Gasteiger partial charge in [0, 0.05) is 6.20 Å². The van der Waals surface area contributed by atoms with E-state index in [2.05, 4.69) is 30.8 Å². The van der Waals surface area contributed by atoms with Crippen molar-refractivity contribution in [2.75, 3.05) is 5.32 Å². The molecular formula is C14H11F3N8. The van der Waals surface area contributed by atoms with Gasteiger partial charge in [0.15, 0.2) is 17.1 Å². The van der Waals surface area contributed by atoms with Crippen molar-refractivity contribution in [3.63, 3.8) is 0 Å². The van der Waals surface area contributed by atoms with Crippen LogP contribution in [0.1, 0.15) is 17.2 Å². The molecule has 0 aliphatic heterocycles. The highest BCUT2D eigenvalue weighted by atomic mass is 19.4. The second-order valence-electron chi connectivity index (χ2n) is 5.41. The van der Waals surface area contributed by atoms with Crippen molar-refractivity contribution >= 4 is 17.1 Å². The minimum atomic E-state index is -4.63. The lowest BCUT2D eigenvalue weighted by molar-refractivity contribution is -0.146. The zero-order valence-electron chi connectivity index (χ0n) is 12.9. The van der Waals surface area contributed by atoms with Crippen LogP contribution in [0.4, 0.5) is 19.0 Å². The summed E-state index contributed by atoms with van der Waals surface area (Å²) in [5, 5.41) is 21.6. The van der Waals surface area contributed by atoms with E-state index in [9.17, 15) is 13.2 Å². The summed E-state index contributed by atoms with van der Waals surface area (Å²) in [4.78, 5) is 0. The van der Waals surface area contributed by atoms with Gasteiger partial charge in [-0.05, 0) is 30.7 Å². The van der Waals surface area contributed by atoms with Gasteiger partial charge < -0.3 is 5.32 Å². The average molecular weight is 348 g/mol. The summed E-state index contributed by atoms with van der Waals surface area (Å²) in [5.74, 6) is -0.322. The van der Waals surface area contributed by atoms with Crippen LogP contribution in [-0.2, 0) is 12.7 Å². The number of nitrogens with one attached hydrogen (secondary N) is 1. The first-order chi connectivity index (χ1) is 11.9. The van der Waals surface area contributed by atoms with Crippen molar-refractivity contribution in [2.45, 2.75) is 19.6 Å². The molecule has 0 spiro atoms. The van der Waals surface area contributed by atoms with Gasteiger partial charge in [0.2, 0.25) is 0 Å². The summed E-state index contributed by atoms with van der Waals surface area (Å²) < 4.78 is 41.2. The van der Waals surface area contributed by atoms with Crippen LogP contribution >= 0.6 is 0 Å². The third-order valence-corrected chi connectivity index (χ3v) is 3.56. The summed E-state index contributed by atoms with van der Waals surface area (Å²) >= 11 is 0. The van der Waals surface area contributed by atoms with Gasteiger partial charge in [-0.3, -0.25) is 4.40 Å². The van der Waals surface area contributed by atoms with Crippen LogP contribution in [0.5, 0.6) is 0 Å². The number of alkyl halides is 3. The molecule has 0 atom stereocenters. The Labute approximate surface area is 138 Å². The van der Waals surface area contributed by atoms with Crippen LogP contribution in [-0.4, -0.2) is 34.4 Å². The van der Waals surface area contributed by atoms with E-state index in [-0.39, 0.29) is 18.0 Å². The molecule has 0 fully saturated rings. The number of aromatic nitrogens is 7. The number of fused-ring (bicyclic) bond motifs is 2. The van der Waals surface area contributed by atoms with Crippen molar-refractivity contribution in [1.29, 1.82) is 0 Å². The number of nitrogens with zero attached hydrogens (tertiary/aromatic N) is 7. The maximum absolute atomic E-state index is 12.9. The Bertz CT molecular complexity index is 1060. The molecule has 0 radical (unpaired) electrons. The SMILES string of the molecule is Cc1ccc2nnc(CNc3ccc4nnc(C(F)(F)F)n4n3)n2c1. The minimum Gasteiger partial charge on any atom is -0.361 e. The molecule has 25 heavy (non-hydrogen) atoms. The minimum absolute atomic E-state index is 0.0152. The smallest absolute Gasteiger partial charge is 0.361 e. The highest BCUT2D eigenvalue weighted by molar-refractivity contribution is 5.45. The largest absolute Gasteiger partial charge is 0.453 e. The Balaban J connectivity index is 1.63. The number of pyridine rings is 1. The van der Waals surface area contributed by atoms with Crippen LogP contribution in [0.2, 0.25) is 0 Å². The molecule has 4 heterocycles. The zero-order valence-corrected chi connectivity index (χ0v) is 12.9. The van der Waals surface area contributed by atoms with Crippen LogP contribution in [0.25, 0.3) is 11.3 Å². The number of aryl methyl sites for hydroxylation is 1. The fourth-order valence-corrected chi connectivity index (χ4v) is 2.39.